The second-order valence-corrected chi connectivity index (χ2v) is 10.9. The molecule has 1 aliphatic carbocycles. The van der Waals surface area contributed by atoms with E-state index < -0.39 is 10.0 Å². The van der Waals surface area contributed by atoms with E-state index in [1.54, 1.807) is 35.6 Å². The van der Waals surface area contributed by atoms with Crippen LogP contribution in [0.3, 0.4) is 0 Å². The van der Waals surface area contributed by atoms with Crippen LogP contribution in [-0.4, -0.2) is 26.6 Å². The third kappa shape index (κ3) is 5.07. The number of thiazole rings is 1. The van der Waals surface area contributed by atoms with E-state index >= 15 is 0 Å². The Bertz CT molecular complexity index is 1200. The number of rotatable bonds is 7. The molecular formula is C24H29N3O3S2. The van der Waals surface area contributed by atoms with E-state index in [0.29, 0.717) is 17.5 Å². The number of ether oxygens (including phenoxy) is 1. The van der Waals surface area contributed by atoms with Crippen molar-refractivity contribution in [3.63, 3.8) is 0 Å². The van der Waals surface area contributed by atoms with Gasteiger partial charge in [-0.05, 0) is 68.1 Å². The van der Waals surface area contributed by atoms with E-state index in [0.717, 1.165) is 26.8 Å². The molecule has 0 spiro atoms. The van der Waals surface area contributed by atoms with Gasteiger partial charge in [0.25, 0.3) is 10.0 Å². The maximum absolute atomic E-state index is 13.2. The quantitative estimate of drug-likeness (QED) is 0.443. The van der Waals surface area contributed by atoms with Crippen LogP contribution < -0.4 is 14.8 Å². The summed E-state index contributed by atoms with van der Waals surface area (Å²) in [5.41, 5.74) is 3.19. The molecule has 0 atom stereocenters. The minimum absolute atomic E-state index is 0.105. The molecule has 2 N–H and O–H groups in total. The lowest BCUT2D eigenvalue weighted by molar-refractivity contribution is 0.403. The number of methoxy groups -OCH3 is 1. The number of aryl methyl sites for hydroxylation is 2. The van der Waals surface area contributed by atoms with Crippen molar-refractivity contribution in [3.8, 4) is 16.2 Å². The summed E-state index contributed by atoms with van der Waals surface area (Å²) in [5, 5.41) is 4.46. The monoisotopic (exact) mass is 471 g/mol. The van der Waals surface area contributed by atoms with E-state index in [4.69, 9.17) is 9.72 Å². The Labute approximate surface area is 194 Å². The molecule has 4 rings (SSSR count). The summed E-state index contributed by atoms with van der Waals surface area (Å²) in [6, 6.07) is 13.0. The van der Waals surface area contributed by atoms with Crippen molar-refractivity contribution >= 4 is 32.2 Å². The normalized spacial score (nSPS) is 14.8. The van der Waals surface area contributed by atoms with Gasteiger partial charge in [0.1, 0.15) is 10.6 Å². The van der Waals surface area contributed by atoms with Gasteiger partial charge in [-0.3, -0.25) is 4.72 Å². The van der Waals surface area contributed by atoms with E-state index in [-0.39, 0.29) is 4.90 Å². The van der Waals surface area contributed by atoms with Crippen LogP contribution in [0.1, 0.15) is 43.4 Å². The van der Waals surface area contributed by atoms with E-state index in [2.05, 4.69) is 10.0 Å². The topological polar surface area (TPSA) is 80.3 Å². The van der Waals surface area contributed by atoms with Gasteiger partial charge in [0, 0.05) is 11.7 Å². The summed E-state index contributed by atoms with van der Waals surface area (Å²) in [4.78, 5) is 5.77. The molecule has 170 valence electrons. The summed E-state index contributed by atoms with van der Waals surface area (Å²) in [6.07, 6.45) is 6.15. The molecular weight excluding hydrogens is 442 g/mol. The maximum atomic E-state index is 13.2. The predicted octanol–water partition coefficient (Wildman–Crippen LogP) is 5.98. The zero-order chi connectivity index (χ0) is 22.7. The van der Waals surface area contributed by atoms with Crippen molar-refractivity contribution in [2.24, 2.45) is 0 Å². The Morgan fingerprint density at radius 1 is 1.06 bits per heavy atom. The molecule has 6 nitrogen and oxygen atoms in total. The van der Waals surface area contributed by atoms with Crippen molar-refractivity contribution in [1.82, 2.24) is 4.98 Å². The van der Waals surface area contributed by atoms with Gasteiger partial charge in [0.2, 0.25) is 0 Å². The van der Waals surface area contributed by atoms with Gasteiger partial charge in [-0.15, -0.1) is 0 Å². The minimum atomic E-state index is -3.84. The first-order chi connectivity index (χ1) is 15.4. The molecule has 0 amide bonds. The summed E-state index contributed by atoms with van der Waals surface area (Å²) in [7, 11) is -2.36. The maximum Gasteiger partial charge on any atom is 0.265 e. The Balaban J connectivity index is 1.64. The first-order valence-corrected chi connectivity index (χ1v) is 13.2. The van der Waals surface area contributed by atoms with Crippen LogP contribution in [0, 0.1) is 13.8 Å². The first kappa shape index (κ1) is 22.6. The van der Waals surface area contributed by atoms with Crippen molar-refractivity contribution < 1.29 is 13.2 Å². The van der Waals surface area contributed by atoms with Gasteiger partial charge in [0.15, 0.2) is 5.13 Å². The third-order valence-electron chi connectivity index (χ3n) is 5.71. The van der Waals surface area contributed by atoms with Crippen LogP contribution in [0.25, 0.3) is 10.4 Å². The van der Waals surface area contributed by atoms with E-state index in [9.17, 15) is 8.42 Å². The Morgan fingerprint density at radius 2 is 1.84 bits per heavy atom. The number of benzene rings is 2. The number of aromatic nitrogens is 1. The molecule has 0 unspecified atom stereocenters. The van der Waals surface area contributed by atoms with Crippen molar-refractivity contribution in [2.45, 2.75) is 56.9 Å². The number of hydrogen-bond donors (Lipinski definition) is 2. The lowest BCUT2D eigenvalue weighted by Crippen LogP contribution is -2.21. The Hall–Kier alpha value is -2.58. The van der Waals surface area contributed by atoms with Gasteiger partial charge in [-0.25, -0.2) is 13.4 Å². The molecule has 0 bridgehead atoms. The largest absolute Gasteiger partial charge is 0.495 e. The Morgan fingerprint density at radius 3 is 2.56 bits per heavy atom. The van der Waals surface area contributed by atoms with E-state index in [1.807, 2.05) is 32.0 Å². The van der Waals surface area contributed by atoms with Gasteiger partial charge in [0.05, 0.1) is 17.7 Å². The molecule has 0 radical (unpaired) electrons. The first-order valence-electron chi connectivity index (χ1n) is 10.9. The summed E-state index contributed by atoms with van der Waals surface area (Å²) >= 11 is 1.57. The van der Waals surface area contributed by atoms with Crippen LogP contribution in [0.15, 0.2) is 47.4 Å². The van der Waals surface area contributed by atoms with Gasteiger partial charge in [-0.1, -0.05) is 42.7 Å². The third-order valence-corrected chi connectivity index (χ3v) is 8.26. The molecule has 32 heavy (non-hydrogen) atoms. The van der Waals surface area contributed by atoms with E-state index in [1.165, 1.54) is 39.2 Å². The van der Waals surface area contributed by atoms with Crippen molar-refractivity contribution in [3.05, 3.63) is 53.7 Å². The molecule has 3 aromatic rings. The Kier molecular flexibility index (Phi) is 6.71. The highest BCUT2D eigenvalue weighted by molar-refractivity contribution is 7.92. The highest BCUT2D eigenvalue weighted by Crippen LogP contribution is 2.37. The fourth-order valence-corrected chi connectivity index (χ4v) is 6.38. The molecule has 8 heteroatoms. The summed E-state index contributed by atoms with van der Waals surface area (Å²) < 4.78 is 34.5. The number of nitrogens with one attached hydrogen (secondary N) is 2. The second-order valence-electron chi connectivity index (χ2n) is 8.25. The molecule has 1 heterocycles. The highest BCUT2D eigenvalue weighted by Gasteiger charge is 2.23. The molecule has 0 aliphatic heterocycles. The smallest absolute Gasteiger partial charge is 0.265 e. The molecule has 1 aromatic heterocycles. The fraction of sp³-hybridized carbons (Fsp3) is 0.375. The van der Waals surface area contributed by atoms with Crippen LogP contribution in [0.5, 0.6) is 5.75 Å². The van der Waals surface area contributed by atoms with Crippen LogP contribution in [0.4, 0.5) is 10.8 Å². The van der Waals surface area contributed by atoms with Gasteiger partial charge in [-0.2, -0.15) is 0 Å². The lowest BCUT2D eigenvalue weighted by atomic mass is 9.96. The number of sulfonamides is 1. The van der Waals surface area contributed by atoms with Gasteiger partial charge >= 0.3 is 0 Å². The average Bonchev–Trinajstić information content (AvgIpc) is 3.13. The van der Waals surface area contributed by atoms with Gasteiger partial charge < -0.3 is 10.1 Å². The zero-order valence-corrected chi connectivity index (χ0v) is 20.3. The predicted molar refractivity (Wildman–Crippen MR) is 131 cm³/mol. The number of hydrogen-bond acceptors (Lipinski definition) is 6. The molecule has 2 aromatic carbocycles. The zero-order valence-electron chi connectivity index (χ0n) is 18.6. The highest BCUT2D eigenvalue weighted by atomic mass is 32.2. The summed E-state index contributed by atoms with van der Waals surface area (Å²) in [5.74, 6) is 0.302. The van der Waals surface area contributed by atoms with Crippen molar-refractivity contribution in [2.75, 3.05) is 17.1 Å². The number of anilines is 2. The van der Waals surface area contributed by atoms with Crippen LogP contribution in [-0.2, 0) is 10.0 Å². The van der Waals surface area contributed by atoms with Crippen LogP contribution in [0.2, 0.25) is 0 Å². The summed E-state index contributed by atoms with van der Waals surface area (Å²) in [6.45, 7) is 3.88. The minimum Gasteiger partial charge on any atom is -0.495 e. The SMILES string of the molecule is COc1ccc(-c2sc(NC3CCCCC3)nc2C)cc1S(=O)(=O)Nc1cccc(C)c1. The molecule has 0 saturated heterocycles. The average molecular weight is 472 g/mol. The molecule has 1 saturated carbocycles. The second kappa shape index (κ2) is 9.50. The molecule has 1 aliphatic rings. The number of nitrogens with zero attached hydrogens (tertiary/aromatic N) is 1. The standard InChI is InChI=1S/C24H29N3O3S2/c1-16-8-7-11-20(14-16)27-32(28,29)22-15-18(12-13-21(22)30-3)23-17(2)25-24(31-23)26-19-9-5-4-6-10-19/h7-8,11-15,19,27H,4-6,9-10H2,1-3H3,(H,25,26). The fourth-order valence-electron chi connectivity index (χ4n) is 4.09. The van der Waals surface area contributed by atoms with Crippen molar-refractivity contribution in [1.29, 1.82) is 0 Å². The lowest BCUT2D eigenvalue weighted by Gasteiger charge is -2.22. The molecule has 1 fully saturated rings. The van der Waals surface area contributed by atoms with Crippen LogP contribution >= 0.6 is 11.3 Å².